The Bertz CT molecular complexity index is 652. The molecule has 0 radical (unpaired) electrons. The van der Waals surface area contributed by atoms with Gasteiger partial charge in [-0.15, -0.1) is 0 Å². The van der Waals surface area contributed by atoms with Crippen LogP contribution < -0.4 is 5.73 Å². The molecule has 3 unspecified atom stereocenters. The standard InChI is InChI=1S/C15H19ClFN3/c1-8-4-3-5-13(9(8)2)20-14-6-10(16)11(17)7-12(14)19-15(20)18/h6-9,13H,3-5H2,1-2H3,(H2,18,19). The number of hydrogen-bond donors (Lipinski definition) is 1. The fourth-order valence-corrected chi connectivity index (χ4v) is 3.53. The number of anilines is 1. The monoisotopic (exact) mass is 295 g/mol. The van der Waals surface area contributed by atoms with Crippen LogP contribution in [0, 0.1) is 17.7 Å². The quantitative estimate of drug-likeness (QED) is 0.847. The Morgan fingerprint density at radius 3 is 2.85 bits per heavy atom. The molecule has 3 nitrogen and oxygen atoms in total. The number of benzene rings is 1. The van der Waals surface area contributed by atoms with E-state index in [-0.39, 0.29) is 5.02 Å². The highest BCUT2D eigenvalue weighted by Gasteiger charge is 2.30. The number of nitrogen functional groups attached to an aromatic ring is 1. The van der Waals surface area contributed by atoms with E-state index >= 15 is 0 Å². The molecule has 1 aliphatic rings. The molecular weight excluding hydrogens is 277 g/mol. The number of rotatable bonds is 1. The molecule has 1 fully saturated rings. The van der Waals surface area contributed by atoms with E-state index in [1.54, 1.807) is 6.07 Å². The molecule has 5 heteroatoms. The summed E-state index contributed by atoms with van der Waals surface area (Å²) < 4.78 is 15.6. The SMILES string of the molecule is CC1CCCC(n2c(N)nc3cc(F)c(Cl)cc32)C1C. The second kappa shape index (κ2) is 4.92. The largest absolute Gasteiger partial charge is 0.369 e. The zero-order valence-electron chi connectivity index (χ0n) is 11.7. The minimum absolute atomic E-state index is 0.121. The number of halogens is 2. The number of aromatic nitrogens is 2. The van der Waals surface area contributed by atoms with Crippen LogP contribution in [0.15, 0.2) is 12.1 Å². The molecule has 2 aromatic rings. The number of imidazole rings is 1. The van der Waals surface area contributed by atoms with Crippen molar-refractivity contribution in [1.29, 1.82) is 0 Å². The van der Waals surface area contributed by atoms with E-state index in [1.165, 1.54) is 18.9 Å². The zero-order chi connectivity index (χ0) is 14.4. The molecule has 1 aromatic heterocycles. The van der Waals surface area contributed by atoms with Crippen molar-refractivity contribution in [3.63, 3.8) is 0 Å². The van der Waals surface area contributed by atoms with Crippen LogP contribution in [-0.2, 0) is 0 Å². The topological polar surface area (TPSA) is 43.8 Å². The predicted molar refractivity (Wildman–Crippen MR) is 80.3 cm³/mol. The van der Waals surface area contributed by atoms with Crippen molar-refractivity contribution in [1.82, 2.24) is 9.55 Å². The third-order valence-corrected chi connectivity index (χ3v) is 5.04. The Kier molecular flexibility index (Phi) is 3.36. The van der Waals surface area contributed by atoms with Gasteiger partial charge in [-0.25, -0.2) is 9.37 Å². The number of hydrogen-bond acceptors (Lipinski definition) is 2. The molecule has 3 rings (SSSR count). The summed E-state index contributed by atoms with van der Waals surface area (Å²) >= 11 is 5.92. The van der Waals surface area contributed by atoms with Gasteiger partial charge in [-0.2, -0.15) is 0 Å². The van der Waals surface area contributed by atoms with Gasteiger partial charge >= 0.3 is 0 Å². The molecule has 0 aliphatic heterocycles. The van der Waals surface area contributed by atoms with E-state index in [0.29, 0.717) is 29.3 Å². The van der Waals surface area contributed by atoms with Crippen molar-refractivity contribution in [2.45, 2.75) is 39.2 Å². The molecule has 0 amide bonds. The molecule has 0 bridgehead atoms. The van der Waals surface area contributed by atoms with Gasteiger partial charge in [-0.3, -0.25) is 0 Å². The second-order valence-electron chi connectivity index (χ2n) is 5.93. The van der Waals surface area contributed by atoms with Crippen LogP contribution in [0.2, 0.25) is 5.02 Å². The summed E-state index contributed by atoms with van der Waals surface area (Å²) in [5.74, 6) is 1.18. The van der Waals surface area contributed by atoms with Crippen molar-refractivity contribution < 1.29 is 4.39 Å². The van der Waals surface area contributed by atoms with Crippen molar-refractivity contribution >= 4 is 28.6 Å². The summed E-state index contributed by atoms with van der Waals surface area (Å²) in [5.41, 5.74) is 7.49. The first kappa shape index (κ1) is 13.7. The molecule has 1 heterocycles. The predicted octanol–water partition coefficient (Wildman–Crippen LogP) is 4.41. The summed E-state index contributed by atoms with van der Waals surface area (Å²) in [4.78, 5) is 4.29. The highest BCUT2D eigenvalue weighted by Crippen LogP contribution is 2.40. The third kappa shape index (κ3) is 2.06. The third-order valence-electron chi connectivity index (χ3n) is 4.75. The molecule has 3 atom stereocenters. The average Bonchev–Trinajstić information content (AvgIpc) is 2.69. The highest BCUT2D eigenvalue weighted by atomic mass is 35.5. The van der Waals surface area contributed by atoms with E-state index in [4.69, 9.17) is 17.3 Å². The van der Waals surface area contributed by atoms with E-state index in [9.17, 15) is 4.39 Å². The first-order valence-corrected chi connectivity index (χ1v) is 7.49. The van der Waals surface area contributed by atoms with Crippen LogP contribution in [0.4, 0.5) is 10.3 Å². The number of fused-ring (bicyclic) bond motifs is 1. The molecule has 1 aromatic carbocycles. The lowest BCUT2D eigenvalue weighted by molar-refractivity contribution is 0.191. The van der Waals surface area contributed by atoms with Crippen molar-refractivity contribution in [2.75, 3.05) is 5.73 Å². The van der Waals surface area contributed by atoms with Gasteiger partial charge in [-0.1, -0.05) is 38.3 Å². The van der Waals surface area contributed by atoms with Crippen LogP contribution in [0.3, 0.4) is 0 Å². The van der Waals surface area contributed by atoms with Gasteiger partial charge in [-0.05, 0) is 24.3 Å². The Morgan fingerprint density at radius 1 is 1.35 bits per heavy atom. The first-order chi connectivity index (χ1) is 9.49. The summed E-state index contributed by atoms with van der Waals surface area (Å²) in [5, 5.41) is 0.121. The molecule has 2 N–H and O–H groups in total. The normalized spacial score (nSPS) is 27.1. The molecule has 0 saturated heterocycles. The summed E-state index contributed by atoms with van der Waals surface area (Å²) in [7, 11) is 0. The van der Waals surface area contributed by atoms with Crippen molar-refractivity contribution in [3.8, 4) is 0 Å². The van der Waals surface area contributed by atoms with Gasteiger partial charge in [0.15, 0.2) is 0 Å². The molecule has 0 spiro atoms. The van der Waals surface area contributed by atoms with E-state index < -0.39 is 5.82 Å². The Morgan fingerprint density at radius 2 is 2.10 bits per heavy atom. The lowest BCUT2D eigenvalue weighted by atomic mass is 9.78. The summed E-state index contributed by atoms with van der Waals surface area (Å²) in [6, 6.07) is 3.31. The van der Waals surface area contributed by atoms with Crippen LogP contribution >= 0.6 is 11.6 Å². The van der Waals surface area contributed by atoms with Crippen LogP contribution in [-0.4, -0.2) is 9.55 Å². The maximum atomic E-state index is 13.5. The molecule has 1 aliphatic carbocycles. The van der Waals surface area contributed by atoms with Gasteiger partial charge in [0.25, 0.3) is 0 Å². The Balaban J connectivity index is 2.15. The van der Waals surface area contributed by atoms with Crippen LogP contribution in [0.1, 0.15) is 39.2 Å². The summed E-state index contributed by atoms with van der Waals surface area (Å²) in [6.07, 6.45) is 3.51. The second-order valence-corrected chi connectivity index (χ2v) is 6.34. The fraction of sp³-hybridized carbons (Fsp3) is 0.533. The zero-order valence-corrected chi connectivity index (χ0v) is 12.5. The average molecular weight is 296 g/mol. The van der Waals surface area contributed by atoms with Gasteiger partial charge < -0.3 is 10.3 Å². The fourth-order valence-electron chi connectivity index (χ4n) is 3.38. The maximum absolute atomic E-state index is 13.5. The van der Waals surface area contributed by atoms with E-state index in [0.717, 1.165) is 11.9 Å². The van der Waals surface area contributed by atoms with E-state index in [1.807, 2.05) is 4.57 Å². The minimum Gasteiger partial charge on any atom is -0.369 e. The first-order valence-electron chi connectivity index (χ1n) is 7.11. The van der Waals surface area contributed by atoms with Gasteiger partial charge in [0.2, 0.25) is 5.95 Å². The molecule has 108 valence electrons. The number of nitrogens with zero attached hydrogens (tertiary/aromatic N) is 2. The van der Waals surface area contributed by atoms with Crippen molar-refractivity contribution in [3.05, 3.63) is 23.0 Å². The number of nitrogens with two attached hydrogens (primary N) is 1. The Labute approximate surface area is 122 Å². The summed E-state index contributed by atoms with van der Waals surface area (Å²) in [6.45, 7) is 4.53. The Hall–Kier alpha value is -1.29. The van der Waals surface area contributed by atoms with Crippen molar-refractivity contribution in [2.24, 2.45) is 11.8 Å². The van der Waals surface area contributed by atoms with Crippen LogP contribution in [0.5, 0.6) is 0 Å². The molecule has 20 heavy (non-hydrogen) atoms. The lowest BCUT2D eigenvalue weighted by Gasteiger charge is -2.35. The van der Waals surface area contributed by atoms with Crippen LogP contribution in [0.25, 0.3) is 11.0 Å². The molecular formula is C15H19ClFN3. The van der Waals surface area contributed by atoms with Gasteiger partial charge in [0, 0.05) is 12.1 Å². The minimum atomic E-state index is -0.450. The van der Waals surface area contributed by atoms with Gasteiger partial charge in [0.05, 0.1) is 16.1 Å². The highest BCUT2D eigenvalue weighted by molar-refractivity contribution is 6.31. The van der Waals surface area contributed by atoms with E-state index in [2.05, 4.69) is 18.8 Å². The molecule has 1 saturated carbocycles. The van der Waals surface area contributed by atoms with Gasteiger partial charge in [0.1, 0.15) is 5.82 Å². The smallest absolute Gasteiger partial charge is 0.201 e. The lowest BCUT2D eigenvalue weighted by Crippen LogP contribution is -2.27. The maximum Gasteiger partial charge on any atom is 0.201 e.